The van der Waals surface area contributed by atoms with Crippen LogP contribution < -0.4 is 5.32 Å². The van der Waals surface area contributed by atoms with Crippen molar-refractivity contribution in [2.45, 2.75) is 29.4 Å². The molecule has 3 rings (SSSR count). The van der Waals surface area contributed by atoms with E-state index in [0.717, 1.165) is 26.9 Å². The highest BCUT2D eigenvalue weighted by Gasteiger charge is 2.20. The highest BCUT2D eigenvalue weighted by Crippen LogP contribution is 2.31. The van der Waals surface area contributed by atoms with Gasteiger partial charge in [0.2, 0.25) is 11.0 Å². The molecular formula is C19H18ClN3OS2. The fraction of sp³-hybridized carbons (Fsp3) is 0.211. The minimum Gasteiger partial charge on any atom is -0.300 e. The Bertz CT molecular complexity index is 870. The lowest BCUT2D eigenvalue weighted by Gasteiger charge is -2.13. The van der Waals surface area contributed by atoms with Gasteiger partial charge < -0.3 is 0 Å². The van der Waals surface area contributed by atoms with Gasteiger partial charge in [0.1, 0.15) is 0 Å². The second kappa shape index (κ2) is 9.16. The van der Waals surface area contributed by atoms with Crippen LogP contribution in [0.1, 0.15) is 30.4 Å². The molecule has 2 aromatic carbocycles. The Hall–Kier alpha value is -1.89. The van der Waals surface area contributed by atoms with Gasteiger partial charge in [0.05, 0.1) is 5.92 Å². The lowest BCUT2D eigenvalue weighted by molar-refractivity contribution is -0.117. The van der Waals surface area contributed by atoms with E-state index in [2.05, 4.69) is 15.5 Å². The average Bonchev–Trinajstić information content (AvgIpc) is 3.10. The van der Waals surface area contributed by atoms with Crippen molar-refractivity contribution in [1.82, 2.24) is 10.2 Å². The number of rotatable bonds is 7. The van der Waals surface area contributed by atoms with E-state index >= 15 is 0 Å². The molecule has 134 valence electrons. The minimum absolute atomic E-state index is 0.0579. The number of hydrogen-bond donors (Lipinski definition) is 1. The number of anilines is 1. The largest absolute Gasteiger partial charge is 0.300 e. The molecule has 0 aliphatic heterocycles. The summed E-state index contributed by atoms with van der Waals surface area (Å²) in [7, 11) is 0. The number of carbonyl (C=O) groups excluding carboxylic acids is 1. The minimum atomic E-state index is -0.195. The monoisotopic (exact) mass is 403 g/mol. The van der Waals surface area contributed by atoms with Gasteiger partial charge in [-0.25, -0.2) is 0 Å². The molecule has 7 heteroatoms. The van der Waals surface area contributed by atoms with Crippen molar-refractivity contribution >= 4 is 45.7 Å². The van der Waals surface area contributed by atoms with Crippen molar-refractivity contribution in [2.75, 3.05) is 5.32 Å². The van der Waals surface area contributed by atoms with Gasteiger partial charge in [-0.1, -0.05) is 90.2 Å². The van der Waals surface area contributed by atoms with Crippen molar-refractivity contribution in [1.29, 1.82) is 0 Å². The number of amides is 1. The third-order valence-electron chi connectivity index (χ3n) is 3.87. The maximum Gasteiger partial charge on any atom is 0.233 e. The molecule has 1 N–H and O–H groups in total. The molecule has 0 aliphatic carbocycles. The molecule has 3 aromatic rings. The molecule has 1 aromatic heterocycles. The van der Waals surface area contributed by atoms with Gasteiger partial charge in [-0.05, 0) is 23.6 Å². The summed E-state index contributed by atoms with van der Waals surface area (Å²) in [6, 6.07) is 17.5. The molecule has 26 heavy (non-hydrogen) atoms. The predicted octanol–water partition coefficient (Wildman–Crippen LogP) is 5.62. The number of hydrogen-bond acceptors (Lipinski definition) is 5. The normalized spacial score (nSPS) is 11.9. The van der Waals surface area contributed by atoms with Crippen molar-refractivity contribution in [3.05, 3.63) is 70.7 Å². The topological polar surface area (TPSA) is 54.9 Å². The third-order valence-corrected chi connectivity index (χ3v) is 6.26. The predicted molar refractivity (Wildman–Crippen MR) is 109 cm³/mol. The summed E-state index contributed by atoms with van der Waals surface area (Å²) in [5.74, 6) is 0.459. The number of carbonyl (C=O) groups is 1. The molecule has 1 amide bonds. The van der Waals surface area contributed by atoms with Crippen molar-refractivity contribution < 1.29 is 4.79 Å². The van der Waals surface area contributed by atoms with Gasteiger partial charge >= 0.3 is 0 Å². The van der Waals surface area contributed by atoms with Crippen molar-refractivity contribution in [3.63, 3.8) is 0 Å². The Morgan fingerprint density at radius 2 is 1.88 bits per heavy atom. The lowest BCUT2D eigenvalue weighted by Crippen LogP contribution is -2.20. The second-order valence-electron chi connectivity index (χ2n) is 5.61. The van der Waals surface area contributed by atoms with Crippen LogP contribution in [0.5, 0.6) is 0 Å². The zero-order valence-electron chi connectivity index (χ0n) is 14.2. The Morgan fingerprint density at radius 1 is 1.15 bits per heavy atom. The summed E-state index contributed by atoms with van der Waals surface area (Å²) in [6.07, 6.45) is 0.725. The maximum atomic E-state index is 12.6. The van der Waals surface area contributed by atoms with Crippen LogP contribution in [0.15, 0.2) is 58.9 Å². The standard InChI is InChI=1S/C19H18ClN3OS2/c1-2-15(13-8-4-3-5-9-13)17(24)21-18-22-23-19(26-18)25-12-14-10-6-7-11-16(14)20/h3-11,15H,2,12H2,1H3,(H,21,22,24)/t15-/m0/s1. The van der Waals surface area contributed by atoms with E-state index in [9.17, 15) is 4.79 Å². The zero-order valence-corrected chi connectivity index (χ0v) is 16.6. The summed E-state index contributed by atoms with van der Waals surface area (Å²) in [5.41, 5.74) is 2.06. The van der Waals surface area contributed by atoms with Gasteiger partial charge in [0.25, 0.3) is 0 Å². The number of nitrogens with one attached hydrogen (secondary N) is 1. The van der Waals surface area contributed by atoms with E-state index < -0.39 is 0 Å². The second-order valence-corrected chi connectivity index (χ2v) is 8.22. The first kappa shape index (κ1) is 18.9. The number of thioether (sulfide) groups is 1. The summed E-state index contributed by atoms with van der Waals surface area (Å²) >= 11 is 9.10. The first-order chi connectivity index (χ1) is 12.7. The van der Waals surface area contributed by atoms with Crippen LogP contribution in [0.4, 0.5) is 5.13 Å². The summed E-state index contributed by atoms with van der Waals surface area (Å²) in [5, 5.41) is 12.4. The molecule has 0 saturated carbocycles. The van der Waals surface area contributed by atoms with Crippen molar-refractivity contribution in [3.8, 4) is 0 Å². The molecule has 0 unspecified atom stereocenters. The quantitative estimate of drug-likeness (QED) is 0.411. The molecule has 0 aliphatic rings. The maximum absolute atomic E-state index is 12.6. The van der Waals surface area contributed by atoms with Gasteiger partial charge in [0, 0.05) is 10.8 Å². The van der Waals surface area contributed by atoms with Crippen LogP contribution in [0.25, 0.3) is 0 Å². The summed E-state index contributed by atoms with van der Waals surface area (Å²) < 4.78 is 0.799. The van der Waals surface area contributed by atoms with E-state index in [4.69, 9.17) is 11.6 Å². The molecule has 1 heterocycles. The molecule has 1 atom stereocenters. The van der Waals surface area contributed by atoms with E-state index in [1.54, 1.807) is 11.8 Å². The molecule has 0 spiro atoms. The summed E-state index contributed by atoms with van der Waals surface area (Å²) in [6.45, 7) is 2.00. The van der Waals surface area contributed by atoms with Crippen LogP contribution >= 0.6 is 34.7 Å². The van der Waals surface area contributed by atoms with Crippen LogP contribution in [-0.2, 0) is 10.5 Å². The van der Waals surface area contributed by atoms with Gasteiger partial charge in [-0.2, -0.15) is 0 Å². The van der Waals surface area contributed by atoms with Gasteiger partial charge in [0.15, 0.2) is 4.34 Å². The fourth-order valence-corrected chi connectivity index (χ4v) is 4.56. The van der Waals surface area contributed by atoms with Crippen molar-refractivity contribution in [2.24, 2.45) is 0 Å². The smallest absolute Gasteiger partial charge is 0.233 e. The third kappa shape index (κ3) is 4.84. The lowest BCUT2D eigenvalue weighted by atomic mass is 9.96. The molecule has 0 saturated heterocycles. The van der Waals surface area contributed by atoms with E-state index in [-0.39, 0.29) is 11.8 Å². The van der Waals surface area contributed by atoms with Gasteiger partial charge in [-0.15, -0.1) is 10.2 Å². The highest BCUT2D eigenvalue weighted by molar-refractivity contribution is 8.00. The van der Waals surface area contributed by atoms with E-state index in [0.29, 0.717) is 10.9 Å². The molecular weight excluding hydrogens is 386 g/mol. The first-order valence-corrected chi connectivity index (χ1v) is 10.4. The first-order valence-electron chi connectivity index (χ1n) is 8.23. The van der Waals surface area contributed by atoms with E-state index in [1.807, 2.05) is 61.5 Å². The molecule has 4 nitrogen and oxygen atoms in total. The number of aromatic nitrogens is 2. The van der Waals surface area contributed by atoms with Crippen LogP contribution in [0, 0.1) is 0 Å². The SMILES string of the molecule is CC[C@H](C(=O)Nc1nnc(SCc2ccccc2Cl)s1)c1ccccc1. The zero-order chi connectivity index (χ0) is 18.4. The van der Waals surface area contributed by atoms with Gasteiger partial charge in [-0.3, -0.25) is 10.1 Å². The molecule has 0 fully saturated rings. The van der Waals surface area contributed by atoms with Crippen LogP contribution in [-0.4, -0.2) is 16.1 Å². The molecule has 0 bridgehead atoms. The average molecular weight is 404 g/mol. The number of nitrogens with zero attached hydrogens (tertiary/aromatic N) is 2. The van der Waals surface area contributed by atoms with Crippen LogP contribution in [0.2, 0.25) is 5.02 Å². The molecule has 0 radical (unpaired) electrons. The summed E-state index contributed by atoms with van der Waals surface area (Å²) in [4.78, 5) is 12.6. The fourth-order valence-electron chi connectivity index (χ4n) is 2.52. The Labute approximate surface area is 166 Å². The Morgan fingerprint density at radius 3 is 2.62 bits per heavy atom. The highest BCUT2D eigenvalue weighted by atomic mass is 35.5. The number of halogens is 1. The Kier molecular flexibility index (Phi) is 6.66. The number of benzene rings is 2. The van der Waals surface area contributed by atoms with E-state index in [1.165, 1.54) is 11.3 Å². The van der Waals surface area contributed by atoms with Crippen LogP contribution in [0.3, 0.4) is 0 Å². The Balaban J connectivity index is 1.61.